The summed E-state index contributed by atoms with van der Waals surface area (Å²) in [6.45, 7) is 1.66. The summed E-state index contributed by atoms with van der Waals surface area (Å²) in [6.07, 6.45) is 1.51. The zero-order chi connectivity index (χ0) is 18.4. The highest BCUT2D eigenvalue weighted by molar-refractivity contribution is 6.30. The first-order valence-electron chi connectivity index (χ1n) is 7.67. The second kappa shape index (κ2) is 8.21. The summed E-state index contributed by atoms with van der Waals surface area (Å²) >= 11 is 5.79. The molecule has 0 fully saturated rings. The van der Waals surface area contributed by atoms with Gasteiger partial charge < -0.3 is 4.74 Å². The van der Waals surface area contributed by atoms with Crippen LogP contribution in [0.2, 0.25) is 5.02 Å². The van der Waals surface area contributed by atoms with Crippen LogP contribution in [-0.4, -0.2) is 38.4 Å². The maximum atomic E-state index is 11.8. The second-order valence-electron chi connectivity index (χ2n) is 5.28. The number of nitrogens with one attached hydrogen (secondary N) is 1. The Morgan fingerprint density at radius 3 is 2.58 bits per heavy atom. The molecule has 1 N–H and O–H groups in total. The zero-order valence-corrected chi connectivity index (χ0v) is 14.6. The van der Waals surface area contributed by atoms with Gasteiger partial charge in [0.1, 0.15) is 12.1 Å². The molecule has 8 nitrogen and oxygen atoms in total. The molecule has 0 bridgehead atoms. The molecule has 0 aliphatic carbocycles. The molecule has 0 aliphatic heterocycles. The Hall–Kier alpha value is -3.26. The molecule has 0 spiro atoms. The van der Waals surface area contributed by atoms with E-state index in [1.165, 1.54) is 6.33 Å². The summed E-state index contributed by atoms with van der Waals surface area (Å²) in [5.41, 5.74) is 4.81. The third-order valence-corrected chi connectivity index (χ3v) is 3.68. The number of carbonyl (C=O) groups excluding carboxylic acids is 1. The lowest BCUT2D eigenvalue weighted by molar-refractivity contribution is -0.123. The monoisotopic (exact) mass is 370 g/mol. The van der Waals surface area contributed by atoms with Crippen LogP contribution in [0.3, 0.4) is 0 Å². The number of hydrazone groups is 1. The van der Waals surface area contributed by atoms with Crippen LogP contribution in [-0.2, 0) is 4.79 Å². The Balaban J connectivity index is 1.54. The topological polar surface area (TPSA) is 94.3 Å². The highest BCUT2D eigenvalue weighted by atomic mass is 35.5. The van der Waals surface area contributed by atoms with Gasteiger partial charge in [-0.25, -0.2) is 10.1 Å². The SMILES string of the molecule is C/C(=N/NC(=O)COc1ccc(Cl)cc1)c1ccc(-n2cnnn2)cc1. The van der Waals surface area contributed by atoms with Crippen LogP contribution in [0.1, 0.15) is 12.5 Å². The number of hydrogen-bond donors (Lipinski definition) is 1. The van der Waals surface area contributed by atoms with E-state index in [0.717, 1.165) is 11.3 Å². The summed E-state index contributed by atoms with van der Waals surface area (Å²) in [7, 11) is 0. The van der Waals surface area contributed by atoms with Crippen molar-refractivity contribution in [2.45, 2.75) is 6.92 Å². The maximum Gasteiger partial charge on any atom is 0.277 e. The van der Waals surface area contributed by atoms with E-state index in [2.05, 4.69) is 26.1 Å². The molecule has 1 heterocycles. The Kier molecular flexibility index (Phi) is 5.55. The van der Waals surface area contributed by atoms with E-state index in [1.807, 2.05) is 24.3 Å². The summed E-state index contributed by atoms with van der Waals surface area (Å²) in [6, 6.07) is 14.2. The first-order valence-corrected chi connectivity index (χ1v) is 8.05. The van der Waals surface area contributed by atoms with Gasteiger partial charge in [0, 0.05) is 5.02 Å². The minimum absolute atomic E-state index is 0.142. The number of benzene rings is 2. The zero-order valence-electron chi connectivity index (χ0n) is 13.8. The van der Waals surface area contributed by atoms with Gasteiger partial charge in [0.25, 0.3) is 5.91 Å². The molecule has 26 heavy (non-hydrogen) atoms. The van der Waals surface area contributed by atoms with Crippen LogP contribution < -0.4 is 10.2 Å². The first-order chi connectivity index (χ1) is 12.6. The molecule has 9 heteroatoms. The van der Waals surface area contributed by atoms with E-state index < -0.39 is 0 Å². The largest absolute Gasteiger partial charge is 0.484 e. The van der Waals surface area contributed by atoms with Gasteiger partial charge >= 0.3 is 0 Å². The van der Waals surface area contributed by atoms with Crippen LogP contribution in [0.15, 0.2) is 60.0 Å². The molecule has 132 valence electrons. The smallest absolute Gasteiger partial charge is 0.277 e. The molecule has 0 aliphatic rings. The van der Waals surface area contributed by atoms with Crippen molar-refractivity contribution in [2.75, 3.05) is 6.61 Å². The Morgan fingerprint density at radius 1 is 1.19 bits per heavy atom. The quantitative estimate of drug-likeness (QED) is 0.530. The molecule has 0 saturated heterocycles. The molecule has 1 aromatic heterocycles. The van der Waals surface area contributed by atoms with E-state index >= 15 is 0 Å². The van der Waals surface area contributed by atoms with Crippen molar-refractivity contribution >= 4 is 23.2 Å². The Labute approximate surface area is 154 Å². The fourth-order valence-corrected chi connectivity index (χ4v) is 2.18. The number of rotatable bonds is 6. The van der Waals surface area contributed by atoms with Gasteiger partial charge in [-0.1, -0.05) is 23.7 Å². The standard InChI is InChI=1S/C17H15ClN6O2/c1-12(13-2-6-15(7-3-13)24-11-19-22-23-24)20-21-17(25)10-26-16-8-4-14(18)5-9-16/h2-9,11H,10H2,1H3,(H,21,25)/b20-12-. The third kappa shape index (κ3) is 4.64. The molecule has 0 saturated carbocycles. The fraction of sp³-hybridized carbons (Fsp3) is 0.118. The van der Waals surface area contributed by atoms with Gasteiger partial charge in [0.15, 0.2) is 6.61 Å². The van der Waals surface area contributed by atoms with E-state index in [0.29, 0.717) is 16.5 Å². The molecule has 0 radical (unpaired) electrons. The molecular formula is C17H15ClN6O2. The van der Waals surface area contributed by atoms with Crippen molar-refractivity contribution in [3.05, 3.63) is 65.4 Å². The number of tetrazole rings is 1. The summed E-state index contributed by atoms with van der Waals surface area (Å²) in [5.74, 6) is 0.202. The average Bonchev–Trinajstić information content (AvgIpc) is 3.20. The summed E-state index contributed by atoms with van der Waals surface area (Å²) in [4.78, 5) is 11.8. The van der Waals surface area contributed by atoms with E-state index in [4.69, 9.17) is 16.3 Å². The fourth-order valence-electron chi connectivity index (χ4n) is 2.06. The van der Waals surface area contributed by atoms with E-state index in [1.54, 1.807) is 35.9 Å². The minimum Gasteiger partial charge on any atom is -0.484 e. The van der Waals surface area contributed by atoms with Crippen molar-refractivity contribution in [3.63, 3.8) is 0 Å². The number of aromatic nitrogens is 4. The van der Waals surface area contributed by atoms with Gasteiger partial charge in [0.2, 0.25) is 0 Å². The van der Waals surface area contributed by atoms with Gasteiger partial charge in [-0.2, -0.15) is 5.10 Å². The number of ether oxygens (including phenoxy) is 1. The number of halogens is 1. The number of amides is 1. The van der Waals surface area contributed by atoms with Gasteiger partial charge in [-0.3, -0.25) is 4.79 Å². The molecule has 0 unspecified atom stereocenters. The molecule has 3 aromatic rings. The van der Waals surface area contributed by atoms with Crippen LogP contribution in [0.4, 0.5) is 0 Å². The lowest BCUT2D eigenvalue weighted by atomic mass is 10.1. The summed E-state index contributed by atoms with van der Waals surface area (Å²) in [5, 5.41) is 15.7. The molecule has 1 amide bonds. The lowest BCUT2D eigenvalue weighted by Gasteiger charge is -2.06. The van der Waals surface area contributed by atoms with E-state index in [9.17, 15) is 4.79 Å². The highest BCUT2D eigenvalue weighted by Crippen LogP contribution is 2.15. The van der Waals surface area contributed by atoms with Crippen molar-refractivity contribution in [1.29, 1.82) is 0 Å². The maximum absolute atomic E-state index is 11.8. The Bertz CT molecular complexity index is 892. The first kappa shape index (κ1) is 17.6. The molecule has 0 atom stereocenters. The van der Waals surface area contributed by atoms with Crippen LogP contribution >= 0.6 is 11.6 Å². The van der Waals surface area contributed by atoms with Crippen LogP contribution in [0, 0.1) is 0 Å². The molecule has 3 rings (SSSR count). The highest BCUT2D eigenvalue weighted by Gasteiger charge is 2.04. The van der Waals surface area contributed by atoms with Crippen LogP contribution in [0.5, 0.6) is 5.75 Å². The number of nitrogens with zero attached hydrogens (tertiary/aromatic N) is 5. The van der Waals surface area contributed by atoms with Gasteiger partial charge in [0.05, 0.1) is 11.4 Å². The number of hydrogen-bond acceptors (Lipinski definition) is 6. The molecule has 2 aromatic carbocycles. The summed E-state index contributed by atoms with van der Waals surface area (Å²) < 4.78 is 6.90. The minimum atomic E-state index is -0.357. The van der Waals surface area contributed by atoms with Gasteiger partial charge in [-0.15, -0.1) is 5.10 Å². The predicted octanol–water partition coefficient (Wildman–Crippen LogP) is 2.23. The van der Waals surface area contributed by atoms with E-state index in [-0.39, 0.29) is 12.5 Å². The third-order valence-electron chi connectivity index (χ3n) is 3.43. The number of carbonyl (C=O) groups is 1. The Morgan fingerprint density at radius 2 is 1.92 bits per heavy atom. The predicted molar refractivity (Wildman–Crippen MR) is 96.5 cm³/mol. The van der Waals surface area contributed by atoms with Crippen molar-refractivity contribution in [1.82, 2.24) is 25.6 Å². The molecular weight excluding hydrogens is 356 g/mol. The van der Waals surface area contributed by atoms with Crippen molar-refractivity contribution < 1.29 is 9.53 Å². The lowest BCUT2D eigenvalue weighted by Crippen LogP contribution is -2.25. The normalized spacial score (nSPS) is 11.2. The second-order valence-corrected chi connectivity index (χ2v) is 5.71. The van der Waals surface area contributed by atoms with Crippen molar-refractivity contribution in [2.24, 2.45) is 5.10 Å². The van der Waals surface area contributed by atoms with Crippen molar-refractivity contribution in [3.8, 4) is 11.4 Å². The van der Waals surface area contributed by atoms with Crippen LogP contribution in [0.25, 0.3) is 5.69 Å². The average molecular weight is 371 g/mol. The van der Waals surface area contributed by atoms with Gasteiger partial charge in [-0.05, 0) is 59.3 Å².